The number of nitrogens with two attached hydrogens (primary N) is 1. The number of anilines is 1. The minimum absolute atomic E-state index is 0.0308. The van der Waals surface area contributed by atoms with Crippen molar-refractivity contribution < 1.29 is 0 Å². The fourth-order valence-electron chi connectivity index (χ4n) is 2.57. The molecule has 108 valence electrons. The van der Waals surface area contributed by atoms with Gasteiger partial charge in [-0.3, -0.25) is 0 Å². The minimum atomic E-state index is -0.0945. The predicted octanol–water partition coefficient (Wildman–Crippen LogP) is 3.74. The zero-order valence-corrected chi connectivity index (χ0v) is 12.9. The summed E-state index contributed by atoms with van der Waals surface area (Å²) in [5.74, 6) is 0. The number of hydrogen-bond acceptors (Lipinski definition) is 3. The smallest absolute Gasteiger partial charge is 0.101 e. The van der Waals surface area contributed by atoms with Crippen molar-refractivity contribution in [2.45, 2.75) is 19.0 Å². The van der Waals surface area contributed by atoms with Crippen LogP contribution in [0.1, 0.15) is 24.1 Å². The van der Waals surface area contributed by atoms with Crippen LogP contribution in [0.5, 0.6) is 0 Å². The van der Waals surface area contributed by atoms with Gasteiger partial charge in [0.15, 0.2) is 0 Å². The molecule has 2 unspecified atom stereocenters. The van der Waals surface area contributed by atoms with E-state index >= 15 is 0 Å². The summed E-state index contributed by atoms with van der Waals surface area (Å²) in [4.78, 5) is 2.05. The van der Waals surface area contributed by atoms with Crippen LogP contribution < -0.4 is 10.6 Å². The molecule has 0 aliphatic carbocycles. The monoisotopic (exact) mass is 299 g/mol. The number of rotatable bonds is 4. The van der Waals surface area contributed by atoms with Crippen molar-refractivity contribution >= 4 is 17.3 Å². The van der Waals surface area contributed by atoms with E-state index in [0.29, 0.717) is 10.6 Å². The molecule has 21 heavy (non-hydrogen) atoms. The van der Waals surface area contributed by atoms with Crippen LogP contribution in [0.2, 0.25) is 5.02 Å². The highest BCUT2D eigenvalue weighted by Gasteiger charge is 2.23. The highest BCUT2D eigenvalue weighted by Crippen LogP contribution is 2.30. The average Bonchev–Trinajstić information content (AvgIpc) is 2.49. The molecule has 3 nitrogen and oxygen atoms in total. The normalized spacial score (nSPS) is 13.3. The fourth-order valence-corrected chi connectivity index (χ4v) is 2.69. The summed E-state index contributed by atoms with van der Waals surface area (Å²) in [7, 11) is 1.96. The first-order valence-corrected chi connectivity index (χ1v) is 7.15. The van der Waals surface area contributed by atoms with Gasteiger partial charge in [-0.25, -0.2) is 0 Å². The van der Waals surface area contributed by atoms with E-state index in [4.69, 9.17) is 17.3 Å². The van der Waals surface area contributed by atoms with Crippen LogP contribution in [0.25, 0.3) is 0 Å². The molecule has 0 heterocycles. The first-order chi connectivity index (χ1) is 10.0. The van der Waals surface area contributed by atoms with Crippen molar-refractivity contribution in [1.29, 1.82) is 5.26 Å². The molecule has 0 aliphatic rings. The molecule has 2 atom stereocenters. The molecule has 2 N–H and O–H groups in total. The number of halogens is 1. The maximum atomic E-state index is 9.27. The van der Waals surface area contributed by atoms with Gasteiger partial charge in [-0.1, -0.05) is 35.9 Å². The molecule has 0 fully saturated rings. The van der Waals surface area contributed by atoms with Crippen molar-refractivity contribution in [2.75, 3.05) is 11.9 Å². The lowest BCUT2D eigenvalue weighted by Gasteiger charge is -2.33. The number of nitrogens with zero attached hydrogens (tertiary/aromatic N) is 2. The first-order valence-electron chi connectivity index (χ1n) is 6.77. The van der Waals surface area contributed by atoms with Crippen molar-refractivity contribution in [1.82, 2.24) is 0 Å². The number of nitriles is 1. The molecule has 2 aromatic carbocycles. The Morgan fingerprint density at radius 2 is 1.76 bits per heavy atom. The van der Waals surface area contributed by atoms with E-state index in [0.717, 1.165) is 11.3 Å². The van der Waals surface area contributed by atoms with E-state index in [1.54, 1.807) is 0 Å². The van der Waals surface area contributed by atoms with Gasteiger partial charge in [-0.15, -0.1) is 0 Å². The largest absolute Gasteiger partial charge is 0.365 e. The predicted molar refractivity (Wildman–Crippen MR) is 87.4 cm³/mol. The van der Waals surface area contributed by atoms with Gasteiger partial charge in [0.05, 0.1) is 17.3 Å². The number of likely N-dealkylation sites (N-methyl/N-ethyl adjacent to an activating group) is 1. The van der Waals surface area contributed by atoms with Gasteiger partial charge in [0.25, 0.3) is 0 Å². The molecule has 2 aromatic rings. The maximum Gasteiger partial charge on any atom is 0.101 e. The van der Waals surface area contributed by atoms with Gasteiger partial charge in [-0.05, 0) is 36.8 Å². The van der Waals surface area contributed by atoms with Gasteiger partial charge in [0.2, 0.25) is 0 Å². The molecule has 0 radical (unpaired) electrons. The highest BCUT2D eigenvalue weighted by atomic mass is 35.5. The van der Waals surface area contributed by atoms with Gasteiger partial charge in [0.1, 0.15) is 6.07 Å². The van der Waals surface area contributed by atoms with E-state index in [1.165, 1.54) is 0 Å². The lowest BCUT2D eigenvalue weighted by Crippen LogP contribution is -2.37. The summed E-state index contributed by atoms with van der Waals surface area (Å²) in [6, 6.07) is 17.3. The third kappa shape index (κ3) is 3.36. The Morgan fingerprint density at radius 1 is 1.14 bits per heavy atom. The number of para-hydroxylation sites is 1. The molecular formula is C17H18ClN3. The van der Waals surface area contributed by atoms with Crippen LogP contribution in [0.3, 0.4) is 0 Å². The Bertz CT molecular complexity index is 644. The van der Waals surface area contributed by atoms with E-state index in [9.17, 15) is 5.26 Å². The Labute approximate surface area is 130 Å². The topological polar surface area (TPSA) is 53.0 Å². The molecule has 0 aliphatic heterocycles. The maximum absolute atomic E-state index is 9.27. The van der Waals surface area contributed by atoms with Crippen LogP contribution in [-0.4, -0.2) is 13.1 Å². The van der Waals surface area contributed by atoms with Crippen molar-refractivity contribution in [3.05, 3.63) is 64.7 Å². The molecule has 0 aromatic heterocycles. The van der Waals surface area contributed by atoms with Gasteiger partial charge < -0.3 is 10.6 Å². The Balaban J connectivity index is 2.43. The van der Waals surface area contributed by atoms with E-state index in [-0.39, 0.29) is 12.1 Å². The second-order valence-corrected chi connectivity index (χ2v) is 5.53. The third-order valence-corrected chi connectivity index (χ3v) is 3.78. The lowest BCUT2D eigenvalue weighted by molar-refractivity contribution is 0.558. The molecule has 0 saturated heterocycles. The summed E-state index contributed by atoms with van der Waals surface area (Å²) in [5, 5.41) is 9.97. The number of hydrogen-bond donors (Lipinski definition) is 1. The van der Waals surface area contributed by atoms with Gasteiger partial charge in [-0.2, -0.15) is 5.26 Å². The van der Waals surface area contributed by atoms with E-state index < -0.39 is 0 Å². The van der Waals surface area contributed by atoms with Crippen LogP contribution in [0.15, 0.2) is 48.5 Å². The molecule has 0 saturated carbocycles. The molecule has 4 heteroatoms. The second kappa shape index (κ2) is 6.62. The van der Waals surface area contributed by atoms with Crippen LogP contribution in [0, 0.1) is 11.3 Å². The Kier molecular flexibility index (Phi) is 4.85. The van der Waals surface area contributed by atoms with Crippen LogP contribution in [0.4, 0.5) is 5.69 Å². The minimum Gasteiger partial charge on any atom is -0.365 e. The molecule has 0 bridgehead atoms. The standard InChI is InChI=1S/C17H18ClN3/c1-12(20)17(13-7-9-15(18)10-8-13)21(2)16-6-4-3-5-14(16)11-19/h3-10,12,17H,20H2,1-2H3. The average molecular weight is 300 g/mol. The van der Waals surface area contributed by atoms with E-state index in [2.05, 4.69) is 6.07 Å². The third-order valence-electron chi connectivity index (χ3n) is 3.53. The number of benzene rings is 2. The summed E-state index contributed by atoms with van der Waals surface area (Å²) < 4.78 is 0. The first kappa shape index (κ1) is 15.4. The molecule has 0 spiro atoms. The van der Waals surface area contributed by atoms with Crippen molar-refractivity contribution in [3.8, 4) is 6.07 Å². The Morgan fingerprint density at radius 3 is 2.33 bits per heavy atom. The Hall–Kier alpha value is -2.02. The van der Waals surface area contributed by atoms with Crippen LogP contribution in [-0.2, 0) is 0 Å². The highest BCUT2D eigenvalue weighted by molar-refractivity contribution is 6.30. The van der Waals surface area contributed by atoms with Crippen molar-refractivity contribution in [2.24, 2.45) is 5.73 Å². The van der Waals surface area contributed by atoms with Gasteiger partial charge in [0, 0.05) is 18.1 Å². The van der Waals surface area contributed by atoms with Crippen LogP contribution >= 0.6 is 11.6 Å². The SMILES string of the molecule is CC(N)C(c1ccc(Cl)cc1)N(C)c1ccccc1C#N. The fraction of sp³-hybridized carbons (Fsp3) is 0.235. The molecule has 2 rings (SSSR count). The second-order valence-electron chi connectivity index (χ2n) is 5.10. The summed E-state index contributed by atoms with van der Waals surface area (Å²) in [5.41, 5.74) is 8.76. The summed E-state index contributed by atoms with van der Waals surface area (Å²) in [6.07, 6.45) is 0. The van der Waals surface area contributed by atoms with Crippen molar-refractivity contribution in [3.63, 3.8) is 0 Å². The zero-order chi connectivity index (χ0) is 15.4. The molecule has 0 amide bonds. The summed E-state index contributed by atoms with van der Waals surface area (Å²) in [6.45, 7) is 1.96. The van der Waals surface area contributed by atoms with Gasteiger partial charge >= 0.3 is 0 Å². The lowest BCUT2D eigenvalue weighted by atomic mass is 9.98. The molecular weight excluding hydrogens is 282 g/mol. The van der Waals surface area contributed by atoms with E-state index in [1.807, 2.05) is 67.4 Å². The zero-order valence-electron chi connectivity index (χ0n) is 12.1. The summed E-state index contributed by atoms with van der Waals surface area (Å²) >= 11 is 5.95. The quantitative estimate of drug-likeness (QED) is 0.935.